The van der Waals surface area contributed by atoms with E-state index in [4.69, 9.17) is 32.8 Å². The van der Waals surface area contributed by atoms with E-state index in [0.717, 1.165) is 0 Å². The molecule has 0 bridgehead atoms. The van der Waals surface area contributed by atoms with E-state index < -0.39 is 11.5 Å². The molecule has 0 aromatic carbocycles. The van der Waals surface area contributed by atoms with Crippen molar-refractivity contribution in [3.63, 3.8) is 0 Å². The highest BCUT2D eigenvalue weighted by molar-refractivity contribution is 6.25. The smallest absolute Gasteiger partial charge is 0.223 e. The van der Waals surface area contributed by atoms with E-state index >= 15 is 0 Å². The van der Waals surface area contributed by atoms with Crippen molar-refractivity contribution >= 4 is 29.1 Å². The number of rotatable bonds is 11. The SMILES string of the molecule is C=C(CC(C)C(=O)NC(C)/C=C/C=C/Cl)NOCO/C=C1\CCC(=C)C(Cl)C1F. The van der Waals surface area contributed by atoms with Crippen LogP contribution in [-0.4, -0.2) is 30.3 Å². The minimum Gasteiger partial charge on any atom is -0.473 e. The molecule has 0 aromatic heterocycles. The molecule has 0 spiro atoms. The molecular weight excluding hydrogens is 418 g/mol. The summed E-state index contributed by atoms with van der Waals surface area (Å²) in [7, 11) is 0. The number of amides is 1. The van der Waals surface area contributed by atoms with Crippen molar-refractivity contribution in [2.24, 2.45) is 5.92 Å². The van der Waals surface area contributed by atoms with E-state index in [1.165, 1.54) is 11.8 Å². The lowest BCUT2D eigenvalue weighted by Gasteiger charge is -2.25. The molecule has 5 nitrogen and oxygen atoms in total. The number of ether oxygens (including phenoxy) is 1. The highest BCUT2D eigenvalue weighted by Gasteiger charge is 2.30. The van der Waals surface area contributed by atoms with E-state index in [-0.39, 0.29) is 24.7 Å². The van der Waals surface area contributed by atoms with Crippen LogP contribution in [0, 0.1) is 5.92 Å². The molecule has 1 saturated carbocycles. The molecule has 4 atom stereocenters. The van der Waals surface area contributed by atoms with Gasteiger partial charge < -0.3 is 10.1 Å². The van der Waals surface area contributed by atoms with Crippen LogP contribution in [-0.2, 0) is 14.4 Å². The zero-order chi connectivity index (χ0) is 21.8. The zero-order valence-corrected chi connectivity index (χ0v) is 18.3. The van der Waals surface area contributed by atoms with Crippen LogP contribution >= 0.6 is 23.2 Å². The number of hydrogen-bond acceptors (Lipinski definition) is 4. The van der Waals surface area contributed by atoms with Crippen LogP contribution in [0.25, 0.3) is 0 Å². The molecule has 29 heavy (non-hydrogen) atoms. The number of carbonyl (C=O) groups is 1. The maximum absolute atomic E-state index is 14.1. The maximum atomic E-state index is 14.1. The molecule has 8 heteroatoms. The Morgan fingerprint density at radius 1 is 1.38 bits per heavy atom. The van der Waals surface area contributed by atoms with Gasteiger partial charge in [-0.2, -0.15) is 0 Å². The monoisotopic (exact) mass is 446 g/mol. The summed E-state index contributed by atoms with van der Waals surface area (Å²) in [4.78, 5) is 17.3. The van der Waals surface area contributed by atoms with Crippen molar-refractivity contribution in [3.8, 4) is 0 Å². The van der Waals surface area contributed by atoms with E-state index in [1.807, 2.05) is 13.0 Å². The lowest BCUT2D eigenvalue weighted by Crippen LogP contribution is -2.36. The Labute approximate surface area is 182 Å². The molecule has 2 N–H and O–H groups in total. The summed E-state index contributed by atoms with van der Waals surface area (Å²) in [6.07, 6.45) is 6.82. The Bertz CT molecular complexity index is 664. The molecule has 1 rings (SSSR count). The highest BCUT2D eigenvalue weighted by Crippen LogP contribution is 2.33. The van der Waals surface area contributed by atoms with Gasteiger partial charge in [0, 0.05) is 35.2 Å². The number of allylic oxidation sites excluding steroid dienone is 5. The molecular formula is C21H29Cl2FN2O3. The van der Waals surface area contributed by atoms with Crippen molar-refractivity contribution in [2.45, 2.75) is 50.7 Å². The van der Waals surface area contributed by atoms with Gasteiger partial charge in [-0.05, 0) is 19.8 Å². The van der Waals surface area contributed by atoms with Crippen molar-refractivity contribution < 1.29 is 18.8 Å². The third-order valence-corrected chi connectivity index (χ3v) is 4.94. The summed E-state index contributed by atoms with van der Waals surface area (Å²) >= 11 is 11.4. The first-order valence-corrected chi connectivity index (χ1v) is 10.2. The molecule has 162 valence electrons. The molecule has 1 amide bonds. The average Bonchev–Trinajstić information content (AvgIpc) is 2.67. The first kappa shape index (κ1) is 25.3. The van der Waals surface area contributed by atoms with Gasteiger partial charge in [0.05, 0.1) is 11.6 Å². The van der Waals surface area contributed by atoms with Crippen LogP contribution < -0.4 is 10.8 Å². The first-order chi connectivity index (χ1) is 13.8. The normalized spacial score (nSPS) is 23.3. The van der Waals surface area contributed by atoms with Gasteiger partial charge in [-0.25, -0.2) is 9.23 Å². The number of hydroxylamine groups is 1. The second-order valence-electron chi connectivity index (χ2n) is 6.89. The molecule has 1 fully saturated rings. The number of nitrogens with one attached hydrogen (secondary N) is 2. The van der Waals surface area contributed by atoms with Crippen molar-refractivity contribution in [1.82, 2.24) is 10.8 Å². The van der Waals surface area contributed by atoms with Crippen molar-refractivity contribution in [2.75, 3.05) is 6.79 Å². The second kappa shape index (κ2) is 13.5. The standard InChI is InChI=1S/C21H29Cl2FN2O3/c1-14-8-9-18(20(24)19(14)23)12-28-13-29-26-17(4)11-15(2)21(27)25-16(3)7-5-6-10-22/h5-7,10,12,15-16,19-20,26H,1,4,8-9,11,13H2,2-3H3,(H,25,27)/b7-5+,10-6+,18-12+. The van der Waals surface area contributed by atoms with E-state index in [2.05, 4.69) is 24.0 Å². The topological polar surface area (TPSA) is 59.6 Å². The van der Waals surface area contributed by atoms with Gasteiger partial charge in [-0.1, -0.05) is 55.5 Å². The minimum absolute atomic E-state index is 0.107. The molecule has 4 unspecified atom stereocenters. The number of alkyl halides is 2. The van der Waals surface area contributed by atoms with Gasteiger partial charge in [0.1, 0.15) is 6.17 Å². The Hall–Kier alpha value is -1.76. The van der Waals surface area contributed by atoms with Gasteiger partial charge in [0.25, 0.3) is 0 Å². The first-order valence-electron chi connectivity index (χ1n) is 9.32. The second-order valence-corrected chi connectivity index (χ2v) is 7.62. The average molecular weight is 447 g/mol. The minimum atomic E-state index is -1.30. The van der Waals surface area contributed by atoms with Crippen molar-refractivity contribution in [1.29, 1.82) is 0 Å². The van der Waals surface area contributed by atoms with Crippen LogP contribution in [0.5, 0.6) is 0 Å². The van der Waals surface area contributed by atoms with E-state index in [1.54, 1.807) is 19.1 Å². The fourth-order valence-corrected chi connectivity index (χ4v) is 2.95. The summed E-state index contributed by atoms with van der Waals surface area (Å²) in [5.41, 5.74) is 5.72. The summed E-state index contributed by atoms with van der Waals surface area (Å²) in [5, 5.41) is 2.15. The molecule has 1 aliphatic carbocycles. The summed E-state index contributed by atoms with van der Waals surface area (Å²) in [6, 6.07) is -0.124. The summed E-state index contributed by atoms with van der Waals surface area (Å²) < 4.78 is 19.3. The Kier molecular flexibility index (Phi) is 11.7. The van der Waals surface area contributed by atoms with Crippen LogP contribution in [0.1, 0.15) is 33.1 Å². The summed E-state index contributed by atoms with van der Waals surface area (Å²) in [5.74, 6) is -0.409. The predicted octanol–water partition coefficient (Wildman–Crippen LogP) is 5.01. The Morgan fingerprint density at radius 2 is 2.10 bits per heavy atom. The van der Waals surface area contributed by atoms with Gasteiger partial charge in [0.2, 0.25) is 12.7 Å². The third kappa shape index (κ3) is 9.52. The van der Waals surface area contributed by atoms with Crippen molar-refractivity contribution in [3.05, 3.63) is 60.0 Å². The van der Waals surface area contributed by atoms with Crippen LogP contribution in [0.3, 0.4) is 0 Å². The maximum Gasteiger partial charge on any atom is 0.223 e. The van der Waals surface area contributed by atoms with Gasteiger partial charge >= 0.3 is 0 Å². The molecule has 0 saturated heterocycles. The van der Waals surface area contributed by atoms with Gasteiger partial charge in [0.15, 0.2) is 0 Å². The van der Waals surface area contributed by atoms with Crippen LogP contribution in [0.2, 0.25) is 0 Å². The lowest BCUT2D eigenvalue weighted by atomic mass is 9.90. The number of halogens is 3. The van der Waals surface area contributed by atoms with Gasteiger partial charge in [-0.3, -0.25) is 10.3 Å². The van der Waals surface area contributed by atoms with E-state index in [0.29, 0.717) is 36.1 Å². The molecule has 0 aromatic rings. The Balaban J connectivity index is 2.27. The Morgan fingerprint density at radius 3 is 2.79 bits per heavy atom. The molecule has 1 aliphatic rings. The quantitative estimate of drug-likeness (QED) is 0.0889. The number of hydrogen-bond donors (Lipinski definition) is 2. The zero-order valence-electron chi connectivity index (χ0n) is 16.8. The molecule has 0 heterocycles. The lowest BCUT2D eigenvalue weighted by molar-refractivity contribution is -0.125. The fraction of sp³-hybridized carbons (Fsp3) is 0.476. The fourth-order valence-electron chi connectivity index (χ4n) is 2.60. The van der Waals surface area contributed by atoms with E-state index in [9.17, 15) is 9.18 Å². The molecule has 0 radical (unpaired) electrons. The van der Waals surface area contributed by atoms with Gasteiger partial charge in [-0.15, -0.1) is 11.6 Å². The largest absolute Gasteiger partial charge is 0.473 e. The molecule has 0 aliphatic heterocycles. The van der Waals surface area contributed by atoms with Crippen LogP contribution in [0.15, 0.2) is 60.0 Å². The predicted molar refractivity (Wildman–Crippen MR) is 116 cm³/mol. The number of carbonyl (C=O) groups excluding carboxylic acids is 1. The van der Waals surface area contributed by atoms with Crippen LogP contribution in [0.4, 0.5) is 4.39 Å². The summed E-state index contributed by atoms with van der Waals surface area (Å²) in [6.45, 7) is 11.1. The third-order valence-electron chi connectivity index (χ3n) is 4.27. The highest BCUT2D eigenvalue weighted by atomic mass is 35.5.